The Labute approximate surface area is 250 Å². The molecule has 1 N–H and O–H groups in total. The van der Waals surface area contributed by atoms with Crippen LogP contribution in [0.15, 0.2) is 77.7 Å². The van der Waals surface area contributed by atoms with Gasteiger partial charge in [0.2, 0.25) is 11.8 Å². The zero-order chi connectivity index (χ0) is 29.6. The average molecular weight is 621 g/mol. The molecule has 0 bridgehead atoms. The summed E-state index contributed by atoms with van der Waals surface area (Å²) in [5.41, 5.74) is 0.660. The number of anilines is 1. The number of benzene rings is 3. The lowest BCUT2D eigenvalue weighted by Gasteiger charge is -2.34. The van der Waals surface area contributed by atoms with Gasteiger partial charge in [-0.3, -0.25) is 13.9 Å². The first-order valence-corrected chi connectivity index (χ1v) is 15.7. The summed E-state index contributed by atoms with van der Waals surface area (Å²) in [7, 11) is -4.26. The van der Waals surface area contributed by atoms with Crippen LogP contribution < -0.4 is 9.62 Å². The molecule has 41 heavy (non-hydrogen) atoms. The minimum Gasteiger partial charge on any atom is -0.352 e. The van der Waals surface area contributed by atoms with E-state index in [1.807, 2.05) is 0 Å². The van der Waals surface area contributed by atoms with Crippen LogP contribution in [0, 0.1) is 5.82 Å². The van der Waals surface area contributed by atoms with Gasteiger partial charge in [0, 0.05) is 17.6 Å². The highest BCUT2D eigenvalue weighted by Gasteiger charge is 2.35. The van der Waals surface area contributed by atoms with Crippen LogP contribution in [-0.4, -0.2) is 43.8 Å². The molecule has 4 rings (SSSR count). The molecule has 2 amide bonds. The smallest absolute Gasteiger partial charge is 0.264 e. The first kappa shape index (κ1) is 30.8. The molecule has 1 fully saturated rings. The van der Waals surface area contributed by atoms with Crippen molar-refractivity contribution in [3.05, 3.63) is 94.2 Å². The normalized spacial score (nSPS) is 14.4. The summed E-state index contributed by atoms with van der Waals surface area (Å²) in [6.45, 7) is 1.13. The van der Waals surface area contributed by atoms with Crippen molar-refractivity contribution in [2.75, 3.05) is 10.8 Å². The van der Waals surface area contributed by atoms with Gasteiger partial charge in [-0.2, -0.15) is 0 Å². The summed E-state index contributed by atoms with van der Waals surface area (Å²) in [5.74, 6) is -1.36. The van der Waals surface area contributed by atoms with E-state index in [1.54, 1.807) is 25.1 Å². The van der Waals surface area contributed by atoms with Crippen LogP contribution in [0.1, 0.15) is 44.6 Å². The Hall–Kier alpha value is -3.14. The van der Waals surface area contributed by atoms with Crippen molar-refractivity contribution in [2.24, 2.45) is 0 Å². The lowest BCUT2D eigenvalue weighted by Crippen LogP contribution is -2.53. The first-order valence-electron chi connectivity index (χ1n) is 13.5. The molecule has 0 aliphatic heterocycles. The van der Waals surface area contributed by atoms with Gasteiger partial charge in [-0.1, -0.05) is 73.3 Å². The zero-order valence-electron chi connectivity index (χ0n) is 22.6. The van der Waals surface area contributed by atoms with Gasteiger partial charge < -0.3 is 10.2 Å². The van der Waals surface area contributed by atoms with Gasteiger partial charge >= 0.3 is 0 Å². The fourth-order valence-electron chi connectivity index (χ4n) is 4.99. The fraction of sp³-hybridized carbons (Fsp3) is 0.333. The van der Waals surface area contributed by atoms with Crippen LogP contribution >= 0.6 is 23.2 Å². The molecule has 0 heterocycles. The number of nitrogens with one attached hydrogen (secondary N) is 1. The monoisotopic (exact) mass is 619 g/mol. The second-order valence-electron chi connectivity index (χ2n) is 9.98. The van der Waals surface area contributed by atoms with Crippen molar-refractivity contribution >= 4 is 50.7 Å². The Kier molecular flexibility index (Phi) is 10.3. The van der Waals surface area contributed by atoms with Crippen molar-refractivity contribution in [1.82, 2.24) is 10.2 Å². The lowest BCUT2D eigenvalue weighted by atomic mass is 10.1. The number of hydrogen-bond donors (Lipinski definition) is 1. The maximum atomic E-state index is 14.1. The summed E-state index contributed by atoms with van der Waals surface area (Å²) < 4.78 is 42.3. The third-order valence-electron chi connectivity index (χ3n) is 7.14. The number of amides is 2. The number of hydrogen-bond acceptors (Lipinski definition) is 4. The Bertz CT molecular complexity index is 1470. The van der Waals surface area contributed by atoms with E-state index in [1.165, 1.54) is 59.5 Å². The van der Waals surface area contributed by atoms with E-state index in [2.05, 4.69) is 5.32 Å². The molecule has 0 saturated heterocycles. The van der Waals surface area contributed by atoms with Gasteiger partial charge in [-0.05, 0) is 67.3 Å². The molecule has 1 atom stereocenters. The summed E-state index contributed by atoms with van der Waals surface area (Å²) in [6.07, 6.45) is 4.07. The predicted octanol–water partition coefficient (Wildman–Crippen LogP) is 6.19. The molecule has 3 aromatic rings. The highest BCUT2D eigenvalue weighted by molar-refractivity contribution is 7.92. The number of halogens is 3. The molecule has 0 spiro atoms. The third kappa shape index (κ3) is 7.58. The van der Waals surface area contributed by atoms with Crippen LogP contribution in [0.4, 0.5) is 10.1 Å². The molecule has 3 aromatic carbocycles. The van der Waals surface area contributed by atoms with Crippen molar-refractivity contribution < 1.29 is 22.4 Å². The standard InChI is InChI=1S/C30H32Cl2FN3O4S/c1-2-27(30(38)34-24-8-6-7-9-24)35(19-21-12-15-23(33)16-13-21)29(37)20-36(28-17-14-22(31)18-26(28)32)41(39,40)25-10-4-3-5-11-25/h3-5,10-18,24,27H,2,6-9,19-20H2,1H3,(H,34,38). The van der Waals surface area contributed by atoms with Crippen LogP contribution in [0.25, 0.3) is 0 Å². The number of sulfonamides is 1. The molecule has 11 heteroatoms. The van der Waals surface area contributed by atoms with E-state index in [0.717, 1.165) is 30.0 Å². The SMILES string of the molecule is CCC(C(=O)NC1CCCC1)N(Cc1ccc(F)cc1)C(=O)CN(c1ccc(Cl)cc1Cl)S(=O)(=O)c1ccccc1. The summed E-state index contributed by atoms with van der Waals surface area (Å²) in [5, 5.41) is 3.40. The minimum atomic E-state index is -4.26. The molecule has 0 radical (unpaired) electrons. The van der Waals surface area contributed by atoms with E-state index >= 15 is 0 Å². The van der Waals surface area contributed by atoms with Crippen molar-refractivity contribution in [3.63, 3.8) is 0 Å². The minimum absolute atomic E-state index is 0.0245. The highest BCUT2D eigenvalue weighted by Crippen LogP contribution is 2.33. The zero-order valence-corrected chi connectivity index (χ0v) is 24.9. The number of carbonyl (C=O) groups excluding carboxylic acids is 2. The molecular weight excluding hydrogens is 588 g/mol. The molecule has 1 aliphatic rings. The molecule has 1 aliphatic carbocycles. The van der Waals surface area contributed by atoms with Gasteiger partial charge in [0.1, 0.15) is 18.4 Å². The topological polar surface area (TPSA) is 86.8 Å². The highest BCUT2D eigenvalue weighted by atomic mass is 35.5. The third-order valence-corrected chi connectivity index (χ3v) is 9.45. The molecular formula is C30H32Cl2FN3O4S. The number of rotatable bonds is 11. The van der Waals surface area contributed by atoms with Crippen molar-refractivity contribution in [1.29, 1.82) is 0 Å². The summed E-state index contributed by atoms with van der Waals surface area (Å²) >= 11 is 12.5. The molecule has 218 valence electrons. The van der Waals surface area contributed by atoms with E-state index < -0.39 is 34.3 Å². The Morgan fingerprint density at radius 3 is 2.27 bits per heavy atom. The van der Waals surface area contributed by atoms with Gasteiger partial charge in [0.15, 0.2) is 0 Å². The Morgan fingerprint density at radius 1 is 1.00 bits per heavy atom. The summed E-state index contributed by atoms with van der Waals surface area (Å²) in [4.78, 5) is 28.9. The average Bonchev–Trinajstić information content (AvgIpc) is 3.46. The van der Waals surface area contributed by atoms with E-state index in [9.17, 15) is 22.4 Å². The van der Waals surface area contributed by atoms with Gasteiger partial charge in [-0.15, -0.1) is 0 Å². The predicted molar refractivity (Wildman–Crippen MR) is 159 cm³/mol. The van der Waals surface area contributed by atoms with Crippen LogP contribution in [0.3, 0.4) is 0 Å². The molecule has 0 aromatic heterocycles. The lowest BCUT2D eigenvalue weighted by molar-refractivity contribution is -0.140. The van der Waals surface area contributed by atoms with Crippen LogP contribution in [0.5, 0.6) is 0 Å². The largest absolute Gasteiger partial charge is 0.352 e. The molecule has 1 unspecified atom stereocenters. The quantitative estimate of drug-likeness (QED) is 0.277. The Morgan fingerprint density at radius 2 is 1.66 bits per heavy atom. The van der Waals surface area contributed by atoms with Crippen molar-refractivity contribution in [3.8, 4) is 0 Å². The van der Waals surface area contributed by atoms with Crippen molar-refractivity contribution in [2.45, 2.75) is 62.6 Å². The van der Waals surface area contributed by atoms with E-state index in [-0.39, 0.29) is 34.1 Å². The van der Waals surface area contributed by atoms with E-state index in [4.69, 9.17) is 23.2 Å². The second kappa shape index (κ2) is 13.7. The number of carbonyl (C=O) groups is 2. The van der Waals surface area contributed by atoms with Crippen LogP contribution in [0.2, 0.25) is 10.0 Å². The van der Waals surface area contributed by atoms with Gasteiger partial charge in [-0.25, -0.2) is 12.8 Å². The van der Waals surface area contributed by atoms with E-state index in [0.29, 0.717) is 17.0 Å². The summed E-state index contributed by atoms with van der Waals surface area (Å²) in [6, 6.07) is 16.8. The molecule has 7 nitrogen and oxygen atoms in total. The van der Waals surface area contributed by atoms with Gasteiger partial charge in [0.25, 0.3) is 10.0 Å². The second-order valence-corrected chi connectivity index (χ2v) is 12.7. The maximum absolute atomic E-state index is 14.1. The Balaban J connectivity index is 1.72. The number of nitrogens with zero attached hydrogens (tertiary/aromatic N) is 2. The molecule has 1 saturated carbocycles. The maximum Gasteiger partial charge on any atom is 0.264 e. The fourth-order valence-corrected chi connectivity index (χ4v) is 7.00. The van der Waals surface area contributed by atoms with Crippen LogP contribution in [-0.2, 0) is 26.2 Å². The van der Waals surface area contributed by atoms with Gasteiger partial charge in [0.05, 0.1) is 15.6 Å². The first-order chi connectivity index (χ1) is 19.6.